The van der Waals surface area contributed by atoms with Crippen LogP contribution in [-0.4, -0.2) is 9.55 Å². The molecule has 0 N–H and O–H groups in total. The van der Waals surface area contributed by atoms with Crippen molar-refractivity contribution in [2.45, 2.75) is 26.8 Å². The molecular weight excluding hydrogens is 140 g/mol. The predicted molar refractivity (Wildman–Crippen MR) is 43.5 cm³/mol. The van der Waals surface area contributed by atoms with Gasteiger partial charge in [0, 0.05) is 18.9 Å². The Labute approximate surface area is 65.7 Å². The van der Waals surface area contributed by atoms with Crippen LogP contribution in [0.4, 0.5) is 0 Å². The molecule has 0 atom stereocenters. The molecular formula is C8H12N2O. The second-order valence-corrected chi connectivity index (χ2v) is 2.51. The Bertz CT molecular complexity index is 290. The van der Waals surface area contributed by atoms with Crippen molar-refractivity contribution in [1.29, 1.82) is 0 Å². The molecule has 3 nitrogen and oxygen atoms in total. The highest BCUT2D eigenvalue weighted by molar-refractivity contribution is 4.93. The van der Waals surface area contributed by atoms with Crippen LogP contribution in [0.5, 0.6) is 0 Å². The second kappa shape index (κ2) is 3.32. The van der Waals surface area contributed by atoms with Crippen LogP contribution in [0.3, 0.4) is 0 Å². The van der Waals surface area contributed by atoms with Crippen LogP contribution in [0, 0.1) is 6.92 Å². The number of hydrogen-bond donors (Lipinski definition) is 0. The summed E-state index contributed by atoms with van der Waals surface area (Å²) in [6.45, 7) is 4.55. The summed E-state index contributed by atoms with van der Waals surface area (Å²) in [4.78, 5) is 15.1. The lowest BCUT2D eigenvalue weighted by Crippen LogP contribution is -2.22. The molecule has 11 heavy (non-hydrogen) atoms. The van der Waals surface area contributed by atoms with Crippen molar-refractivity contribution >= 4 is 0 Å². The lowest BCUT2D eigenvalue weighted by Gasteiger charge is -2.01. The molecule has 0 aromatic carbocycles. The number of rotatable bonds is 2. The summed E-state index contributed by atoms with van der Waals surface area (Å²) in [5, 5.41) is 0. The van der Waals surface area contributed by atoms with E-state index in [0.29, 0.717) is 5.69 Å². The van der Waals surface area contributed by atoms with Crippen LogP contribution in [0.15, 0.2) is 17.2 Å². The summed E-state index contributed by atoms with van der Waals surface area (Å²) < 4.78 is 1.68. The highest BCUT2D eigenvalue weighted by Crippen LogP contribution is 1.86. The van der Waals surface area contributed by atoms with Gasteiger partial charge in [-0.1, -0.05) is 6.92 Å². The molecule has 3 heteroatoms. The van der Waals surface area contributed by atoms with E-state index in [0.717, 1.165) is 13.0 Å². The van der Waals surface area contributed by atoms with Crippen LogP contribution in [0.2, 0.25) is 0 Å². The monoisotopic (exact) mass is 152 g/mol. The quantitative estimate of drug-likeness (QED) is 0.632. The maximum absolute atomic E-state index is 11.3. The van der Waals surface area contributed by atoms with Gasteiger partial charge in [0.05, 0.1) is 0 Å². The number of nitrogens with zero attached hydrogens (tertiary/aromatic N) is 2. The fraction of sp³-hybridized carbons (Fsp3) is 0.500. The molecule has 0 bridgehead atoms. The van der Waals surface area contributed by atoms with Gasteiger partial charge in [-0.3, -0.25) is 9.78 Å². The van der Waals surface area contributed by atoms with Gasteiger partial charge in [0.2, 0.25) is 0 Å². The van der Waals surface area contributed by atoms with Crippen LogP contribution in [0.1, 0.15) is 19.0 Å². The fourth-order valence-electron chi connectivity index (χ4n) is 0.973. The van der Waals surface area contributed by atoms with Gasteiger partial charge in [-0.05, 0) is 13.3 Å². The first-order valence-corrected chi connectivity index (χ1v) is 3.77. The summed E-state index contributed by atoms with van der Waals surface area (Å²) in [7, 11) is 0. The summed E-state index contributed by atoms with van der Waals surface area (Å²) in [5.41, 5.74) is 0.593. The maximum Gasteiger partial charge on any atom is 0.271 e. The minimum absolute atomic E-state index is 0.0225. The Morgan fingerprint density at radius 2 is 2.36 bits per heavy atom. The van der Waals surface area contributed by atoms with Gasteiger partial charge in [-0.2, -0.15) is 0 Å². The molecule has 0 amide bonds. The van der Waals surface area contributed by atoms with Gasteiger partial charge in [-0.25, -0.2) is 0 Å². The highest BCUT2D eigenvalue weighted by atomic mass is 16.1. The molecule has 60 valence electrons. The largest absolute Gasteiger partial charge is 0.312 e. The zero-order valence-electron chi connectivity index (χ0n) is 6.87. The van der Waals surface area contributed by atoms with Gasteiger partial charge < -0.3 is 4.57 Å². The topological polar surface area (TPSA) is 34.9 Å². The molecule has 0 aliphatic carbocycles. The van der Waals surface area contributed by atoms with E-state index < -0.39 is 0 Å². The second-order valence-electron chi connectivity index (χ2n) is 2.51. The average molecular weight is 152 g/mol. The summed E-state index contributed by atoms with van der Waals surface area (Å²) in [6.07, 6.45) is 4.36. The molecule has 1 aromatic rings. The van der Waals surface area contributed by atoms with Crippen LogP contribution >= 0.6 is 0 Å². The SMILES string of the molecule is CCCn1ccnc(C)c1=O. The third-order valence-corrected chi connectivity index (χ3v) is 1.55. The van der Waals surface area contributed by atoms with Crippen LogP contribution in [-0.2, 0) is 6.54 Å². The van der Waals surface area contributed by atoms with Crippen molar-refractivity contribution in [3.8, 4) is 0 Å². The summed E-state index contributed by atoms with van der Waals surface area (Å²) in [6, 6.07) is 0. The smallest absolute Gasteiger partial charge is 0.271 e. The molecule has 1 aromatic heterocycles. The normalized spacial score (nSPS) is 10.0. The van der Waals surface area contributed by atoms with E-state index in [1.165, 1.54) is 0 Å². The summed E-state index contributed by atoms with van der Waals surface area (Å²) >= 11 is 0. The van der Waals surface area contributed by atoms with E-state index in [1.807, 2.05) is 6.92 Å². The highest BCUT2D eigenvalue weighted by Gasteiger charge is 1.96. The fourth-order valence-corrected chi connectivity index (χ4v) is 0.973. The lowest BCUT2D eigenvalue weighted by molar-refractivity contribution is 0.643. The Kier molecular flexibility index (Phi) is 2.41. The lowest BCUT2D eigenvalue weighted by atomic mass is 10.4. The van der Waals surface area contributed by atoms with E-state index in [1.54, 1.807) is 23.9 Å². The van der Waals surface area contributed by atoms with Crippen LogP contribution in [0.25, 0.3) is 0 Å². The van der Waals surface area contributed by atoms with E-state index in [2.05, 4.69) is 4.98 Å². The standard InChI is InChI=1S/C8H12N2O/c1-3-5-10-6-4-9-7(2)8(10)11/h4,6H,3,5H2,1-2H3. The van der Waals surface area contributed by atoms with Crippen molar-refractivity contribution in [3.05, 3.63) is 28.4 Å². The van der Waals surface area contributed by atoms with Gasteiger partial charge in [0.1, 0.15) is 5.69 Å². The van der Waals surface area contributed by atoms with Crippen molar-refractivity contribution in [1.82, 2.24) is 9.55 Å². The van der Waals surface area contributed by atoms with E-state index in [4.69, 9.17) is 0 Å². The molecule has 0 spiro atoms. The molecule has 0 aliphatic heterocycles. The van der Waals surface area contributed by atoms with E-state index >= 15 is 0 Å². The van der Waals surface area contributed by atoms with E-state index in [9.17, 15) is 4.79 Å². The van der Waals surface area contributed by atoms with Crippen LogP contribution < -0.4 is 5.56 Å². The Morgan fingerprint density at radius 3 is 3.00 bits per heavy atom. The predicted octanol–water partition coefficient (Wildman–Crippen LogP) is 0.962. The third kappa shape index (κ3) is 1.67. The molecule has 0 unspecified atom stereocenters. The van der Waals surface area contributed by atoms with E-state index in [-0.39, 0.29) is 5.56 Å². The first-order valence-electron chi connectivity index (χ1n) is 3.77. The van der Waals surface area contributed by atoms with Gasteiger partial charge in [0.15, 0.2) is 0 Å². The van der Waals surface area contributed by atoms with Crippen molar-refractivity contribution in [2.24, 2.45) is 0 Å². The Hall–Kier alpha value is -1.12. The molecule has 0 saturated heterocycles. The zero-order valence-corrected chi connectivity index (χ0v) is 6.87. The molecule has 1 heterocycles. The van der Waals surface area contributed by atoms with Gasteiger partial charge in [-0.15, -0.1) is 0 Å². The zero-order chi connectivity index (χ0) is 8.27. The third-order valence-electron chi connectivity index (χ3n) is 1.55. The number of hydrogen-bond acceptors (Lipinski definition) is 2. The first-order chi connectivity index (χ1) is 5.25. The number of aryl methyl sites for hydroxylation is 2. The maximum atomic E-state index is 11.3. The minimum Gasteiger partial charge on any atom is -0.312 e. The van der Waals surface area contributed by atoms with Gasteiger partial charge in [0.25, 0.3) is 5.56 Å². The Morgan fingerprint density at radius 1 is 1.64 bits per heavy atom. The van der Waals surface area contributed by atoms with Crippen molar-refractivity contribution in [3.63, 3.8) is 0 Å². The van der Waals surface area contributed by atoms with Gasteiger partial charge >= 0.3 is 0 Å². The molecule has 0 aliphatic rings. The molecule has 0 radical (unpaired) electrons. The average Bonchev–Trinajstić information content (AvgIpc) is 1.99. The molecule has 0 saturated carbocycles. The number of aromatic nitrogens is 2. The Balaban J connectivity index is 3.07. The first kappa shape index (κ1) is 7.98. The minimum atomic E-state index is 0.0225. The van der Waals surface area contributed by atoms with Crippen molar-refractivity contribution < 1.29 is 0 Å². The molecule has 1 rings (SSSR count). The molecule has 0 fully saturated rings. The summed E-state index contributed by atoms with van der Waals surface area (Å²) in [5.74, 6) is 0. The van der Waals surface area contributed by atoms with Crippen molar-refractivity contribution in [2.75, 3.05) is 0 Å².